The van der Waals surface area contributed by atoms with Crippen LogP contribution in [-0.4, -0.2) is 17.0 Å². The van der Waals surface area contributed by atoms with Crippen molar-refractivity contribution < 1.29 is 4.74 Å². The topological polar surface area (TPSA) is 47.0 Å². The molecule has 2 rings (SSSR count). The normalized spacial score (nSPS) is 10.4. The number of aromatic nitrogens is 2. The summed E-state index contributed by atoms with van der Waals surface area (Å²) >= 11 is 5.95. The lowest BCUT2D eigenvalue weighted by molar-refractivity contribution is 0.458. The minimum atomic E-state index is 0.469. The van der Waals surface area contributed by atoms with E-state index in [1.807, 2.05) is 20.0 Å². The van der Waals surface area contributed by atoms with E-state index in [1.54, 1.807) is 24.5 Å². The van der Waals surface area contributed by atoms with Crippen LogP contribution >= 0.6 is 11.6 Å². The second-order valence-corrected chi connectivity index (χ2v) is 4.30. The maximum absolute atomic E-state index is 5.95. The van der Waals surface area contributed by atoms with Gasteiger partial charge in [0.15, 0.2) is 0 Å². The molecule has 2 aromatic rings. The van der Waals surface area contributed by atoms with E-state index < -0.39 is 0 Å². The van der Waals surface area contributed by atoms with Crippen molar-refractivity contribution in [3.63, 3.8) is 0 Å². The maximum Gasteiger partial charge on any atom is 0.237 e. The molecular weight excluding hydrogens is 250 g/mol. The van der Waals surface area contributed by atoms with Crippen molar-refractivity contribution >= 4 is 11.6 Å². The van der Waals surface area contributed by atoms with Crippen LogP contribution in [-0.2, 0) is 6.54 Å². The van der Waals surface area contributed by atoms with E-state index >= 15 is 0 Å². The monoisotopic (exact) mass is 263 g/mol. The Balaban J connectivity index is 2.10. The summed E-state index contributed by atoms with van der Waals surface area (Å²) < 4.78 is 5.59. The summed E-state index contributed by atoms with van der Waals surface area (Å²) in [7, 11) is 1.86. The molecule has 1 heterocycles. The van der Waals surface area contributed by atoms with Gasteiger partial charge in [-0.15, -0.1) is 0 Å². The van der Waals surface area contributed by atoms with Crippen LogP contribution < -0.4 is 10.1 Å². The minimum Gasteiger partial charge on any atom is -0.437 e. The number of hydrogen-bond acceptors (Lipinski definition) is 4. The first kappa shape index (κ1) is 12.8. The molecule has 5 heteroatoms. The van der Waals surface area contributed by atoms with E-state index in [2.05, 4.69) is 15.3 Å². The zero-order chi connectivity index (χ0) is 13.0. The fourth-order valence-electron chi connectivity index (χ4n) is 1.47. The van der Waals surface area contributed by atoms with Gasteiger partial charge in [0.05, 0.1) is 18.1 Å². The molecule has 0 aliphatic rings. The number of halogens is 1. The Labute approximate surface area is 111 Å². The first-order valence-electron chi connectivity index (χ1n) is 5.58. The Morgan fingerprint density at radius 3 is 2.72 bits per heavy atom. The Hall–Kier alpha value is -1.65. The van der Waals surface area contributed by atoms with E-state index in [1.165, 1.54) is 0 Å². The fraction of sp³-hybridized carbons (Fsp3) is 0.231. The van der Waals surface area contributed by atoms with Crippen LogP contribution in [0.4, 0.5) is 0 Å². The molecule has 1 aromatic heterocycles. The lowest BCUT2D eigenvalue weighted by Crippen LogP contribution is -2.07. The van der Waals surface area contributed by atoms with E-state index in [4.69, 9.17) is 16.3 Å². The van der Waals surface area contributed by atoms with Crippen LogP contribution in [0.3, 0.4) is 0 Å². The van der Waals surface area contributed by atoms with E-state index in [0.29, 0.717) is 18.2 Å². The number of hydrogen-bond donors (Lipinski definition) is 1. The molecule has 0 spiro atoms. The summed E-state index contributed by atoms with van der Waals surface area (Å²) in [5, 5.41) is 3.73. The second kappa shape index (κ2) is 5.80. The first-order chi connectivity index (χ1) is 8.69. The zero-order valence-electron chi connectivity index (χ0n) is 10.3. The van der Waals surface area contributed by atoms with Crippen molar-refractivity contribution in [2.75, 3.05) is 7.05 Å². The van der Waals surface area contributed by atoms with Crippen LogP contribution in [0.25, 0.3) is 0 Å². The smallest absolute Gasteiger partial charge is 0.237 e. The summed E-state index contributed by atoms with van der Waals surface area (Å²) in [6.07, 6.45) is 3.30. The molecule has 4 nitrogen and oxygen atoms in total. The highest BCUT2D eigenvalue weighted by molar-refractivity contribution is 6.31. The Bertz CT molecular complexity index is 528. The molecule has 0 amide bonds. The molecule has 18 heavy (non-hydrogen) atoms. The van der Waals surface area contributed by atoms with Crippen LogP contribution in [0.1, 0.15) is 11.3 Å². The Morgan fingerprint density at radius 2 is 2.11 bits per heavy atom. The molecule has 0 unspecified atom stereocenters. The molecule has 94 valence electrons. The molecule has 0 atom stereocenters. The van der Waals surface area contributed by atoms with Gasteiger partial charge in [-0.25, -0.2) is 4.98 Å². The van der Waals surface area contributed by atoms with Crippen molar-refractivity contribution in [2.45, 2.75) is 13.5 Å². The zero-order valence-corrected chi connectivity index (χ0v) is 11.0. The average molecular weight is 264 g/mol. The third kappa shape index (κ3) is 3.18. The molecule has 0 aliphatic heterocycles. The van der Waals surface area contributed by atoms with Crippen LogP contribution in [0.5, 0.6) is 11.6 Å². The number of ether oxygens (including phenoxy) is 1. The van der Waals surface area contributed by atoms with Crippen molar-refractivity contribution in [2.24, 2.45) is 0 Å². The molecule has 0 fully saturated rings. The van der Waals surface area contributed by atoms with Crippen molar-refractivity contribution in [1.29, 1.82) is 0 Å². The van der Waals surface area contributed by atoms with Gasteiger partial charge in [0.2, 0.25) is 5.88 Å². The minimum absolute atomic E-state index is 0.469. The van der Waals surface area contributed by atoms with Gasteiger partial charge in [-0.1, -0.05) is 11.6 Å². The second-order valence-electron chi connectivity index (χ2n) is 3.89. The summed E-state index contributed by atoms with van der Waals surface area (Å²) in [5.74, 6) is 1.17. The van der Waals surface area contributed by atoms with Gasteiger partial charge >= 0.3 is 0 Å². The van der Waals surface area contributed by atoms with Gasteiger partial charge in [0.1, 0.15) is 5.75 Å². The number of benzene rings is 1. The molecular formula is C13H14ClN3O. The van der Waals surface area contributed by atoms with Gasteiger partial charge in [-0.2, -0.15) is 0 Å². The number of aryl methyl sites for hydroxylation is 1. The van der Waals surface area contributed by atoms with E-state index in [-0.39, 0.29) is 0 Å². The maximum atomic E-state index is 5.95. The van der Waals surface area contributed by atoms with Crippen LogP contribution in [0.2, 0.25) is 5.02 Å². The van der Waals surface area contributed by atoms with Gasteiger partial charge in [0, 0.05) is 11.6 Å². The van der Waals surface area contributed by atoms with Crippen molar-refractivity contribution in [1.82, 2.24) is 15.3 Å². The molecule has 0 saturated heterocycles. The quantitative estimate of drug-likeness (QED) is 0.921. The van der Waals surface area contributed by atoms with Gasteiger partial charge in [-0.3, -0.25) is 4.98 Å². The molecule has 0 saturated carbocycles. The number of rotatable bonds is 4. The first-order valence-corrected chi connectivity index (χ1v) is 5.96. The molecule has 1 N–H and O–H groups in total. The fourth-order valence-corrected chi connectivity index (χ4v) is 1.59. The number of nitrogens with zero attached hydrogens (tertiary/aromatic N) is 2. The third-order valence-corrected chi connectivity index (χ3v) is 2.82. The molecule has 0 aliphatic carbocycles. The van der Waals surface area contributed by atoms with Gasteiger partial charge in [0.25, 0.3) is 0 Å². The SMILES string of the molecule is CNCc1cnc(Oc2ccc(Cl)c(C)c2)cn1. The standard InChI is InChI=1S/C13H14ClN3O/c1-9-5-11(3-4-12(9)14)18-13-8-16-10(6-15-2)7-17-13/h3-5,7-8,15H,6H2,1-2H3. The molecule has 1 aromatic carbocycles. The van der Waals surface area contributed by atoms with E-state index in [0.717, 1.165) is 16.3 Å². The van der Waals surface area contributed by atoms with Gasteiger partial charge in [-0.05, 0) is 37.7 Å². The largest absolute Gasteiger partial charge is 0.437 e. The third-order valence-electron chi connectivity index (χ3n) is 2.39. The molecule has 0 radical (unpaired) electrons. The summed E-state index contributed by atoms with van der Waals surface area (Å²) in [5.41, 5.74) is 1.84. The summed E-state index contributed by atoms with van der Waals surface area (Å²) in [6.45, 7) is 2.62. The molecule has 0 bridgehead atoms. The number of nitrogens with one attached hydrogen (secondary N) is 1. The summed E-state index contributed by atoms with van der Waals surface area (Å²) in [4.78, 5) is 8.42. The highest BCUT2D eigenvalue weighted by atomic mass is 35.5. The van der Waals surface area contributed by atoms with Crippen LogP contribution in [0, 0.1) is 6.92 Å². The average Bonchev–Trinajstić information content (AvgIpc) is 2.37. The Morgan fingerprint density at radius 1 is 1.28 bits per heavy atom. The van der Waals surface area contributed by atoms with E-state index in [9.17, 15) is 0 Å². The van der Waals surface area contributed by atoms with Crippen LogP contribution in [0.15, 0.2) is 30.6 Å². The van der Waals surface area contributed by atoms with Crippen molar-refractivity contribution in [3.05, 3.63) is 46.9 Å². The Kier molecular flexibility index (Phi) is 4.12. The lowest BCUT2D eigenvalue weighted by Gasteiger charge is -2.06. The highest BCUT2D eigenvalue weighted by Gasteiger charge is 2.02. The summed E-state index contributed by atoms with van der Waals surface area (Å²) in [6, 6.07) is 5.47. The van der Waals surface area contributed by atoms with Gasteiger partial charge < -0.3 is 10.1 Å². The predicted molar refractivity (Wildman–Crippen MR) is 71.1 cm³/mol. The van der Waals surface area contributed by atoms with Crippen molar-refractivity contribution in [3.8, 4) is 11.6 Å². The highest BCUT2D eigenvalue weighted by Crippen LogP contribution is 2.24. The predicted octanol–water partition coefficient (Wildman–Crippen LogP) is 2.95. The lowest BCUT2D eigenvalue weighted by atomic mass is 10.2.